The zero-order chi connectivity index (χ0) is 15.9. The molecule has 0 unspecified atom stereocenters. The molecule has 0 heterocycles. The highest BCUT2D eigenvalue weighted by Gasteiger charge is 1.95. The van der Waals surface area contributed by atoms with Gasteiger partial charge in [-0.05, 0) is 56.2 Å². The van der Waals surface area contributed by atoms with Crippen LogP contribution in [0.4, 0.5) is 0 Å². The number of allylic oxidation sites excluding steroid dienone is 4. The number of phenolic OH excluding ortho intramolecular Hbond substituents is 1. The predicted octanol–water partition coefficient (Wildman–Crippen LogP) is 6.58. The Morgan fingerprint density at radius 1 is 0.864 bits per heavy atom. The second-order valence-electron chi connectivity index (χ2n) is 5.94. The minimum atomic E-state index is 0.383. The van der Waals surface area contributed by atoms with E-state index in [2.05, 4.69) is 37.3 Å². The third-order valence-electron chi connectivity index (χ3n) is 3.81. The summed E-state index contributed by atoms with van der Waals surface area (Å²) in [5.41, 5.74) is 1.25. The molecule has 0 spiro atoms. The van der Waals surface area contributed by atoms with Gasteiger partial charge in [-0.2, -0.15) is 0 Å². The van der Waals surface area contributed by atoms with Crippen molar-refractivity contribution < 1.29 is 5.11 Å². The van der Waals surface area contributed by atoms with Crippen molar-refractivity contribution in [2.45, 2.75) is 71.1 Å². The van der Waals surface area contributed by atoms with Gasteiger partial charge in [0.15, 0.2) is 0 Å². The molecule has 0 atom stereocenters. The van der Waals surface area contributed by atoms with E-state index in [9.17, 15) is 5.11 Å². The summed E-state index contributed by atoms with van der Waals surface area (Å²) in [6.45, 7) is 2.21. The third kappa shape index (κ3) is 10.3. The van der Waals surface area contributed by atoms with Crippen LogP contribution in [-0.2, 0) is 6.42 Å². The Kier molecular flexibility index (Phi) is 11.1. The van der Waals surface area contributed by atoms with Crippen LogP contribution >= 0.6 is 0 Å². The molecule has 1 N–H and O–H groups in total. The van der Waals surface area contributed by atoms with Crippen molar-refractivity contribution in [2.24, 2.45) is 0 Å². The quantitative estimate of drug-likeness (QED) is 0.341. The second-order valence-corrected chi connectivity index (χ2v) is 5.94. The van der Waals surface area contributed by atoms with Gasteiger partial charge < -0.3 is 5.11 Å². The summed E-state index contributed by atoms with van der Waals surface area (Å²) < 4.78 is 0. The van der Waals surface area contributed by atoms with Crippen molar-refractivity contribution in [2.75, 3.05) is 0 Å². The van der Waals surface area contributed by atoms with Crippen LogP contribution in [0.3, 0.4) is 0 Å². The Balaban J connectivity index is 1.90. The SMILES string of the molecule is CCCC=CCC=CCCCCCCCc1cccc(O)c1. The molecule has 22 heavy (non-hydrogen) atoms. The summed E-state index contributed by atoms with van der Waals surface area (Å²) in [6.07, 6.45) is 21.5. The molecule has 0 aliphatic carbocycles. The maximum absolute atomic E-state index is 9.41. The summed E-state index contributed by atoms with van der Waals surface area (Å²) in [6, 6.07) is 7.63. The van der Waals surface area contributed by atoms with Crippen molar-refractivity contribution in [1.82, 2.24) is 0 Å². The van der Waals surface area contributed by atoms with Gasteiger partial charge in [0.2, 0.25) is 0 Å². The molecule has 0 amide bonds. The lowest BCUT2D eigenvalue weighted by molar-refractivity contribution is 0.474. The Hall–Kier alpha value is -1.50. The zero-order valence-corrected chi connectivity index (χ0v) is 14.1. The number of hydrogen-bond donors (Lipinski definition) is 1. The average molecular weight is 300 g/mol. The first kappa shape index (κ1) is 18.5. The van der Waals surface area contributed by atoms with Gasteiger partial charge in [0.1, 0.15) is 5.75 Å². The average Bonchev–Trinajstić information content (AvgIpc) is 2.52. The van der Waals surface area contributed by atoms with E-state index in [1.54, 1.807) is 6.07 Å². The van der Waals surface area contributed by atoms with E-state index >= 15 is 0 Å². The summed E-state index contributed by atoms with van der Waals surface area (Å²) in [5, 5.41) is 9.41. The van der Waals surface area contributed by atoms with Gasteiger partial charge in [-0.3, -0.25) is 0 Å². The summed E-state index contributed by atoms with van der Waals surface area (Å²) in [7, 11) is 0. The minimum Gasteiger partial charge on any atom is -0.508 e. The van der Waals surface area contributed by atoms with Crippen molar-refractivity contribution >= 4 is 0 Å². The predicted molar refractivity (Wildman–Crippen MR) is 97.3 cm³/mol. The van der Waals surface area contributed by atoms with Crippen molar-refractivity contribution in [3.05, 3.63) is 54.1 Å². The summed E-state index contributed by atoms with van der Waals surface area (Å²) >= 11 is 0. The van der Waals surface area contributed by atoms with Crippen LogP contribution in [0.5, 0.6) is 5.75 Å². The molecule has 0 aliphatic heterocycles. The molecule has 0 fully saturated rings. The van der Waals surface area contributed by atoms with Crippen LogP contribution in [0.2, 0.25) is 0 Å². The van der Waals surface area contributed by atoms with E-state index in [1.807, 2.05) is 12.1 Å². The number of unbranched alkanes of at least 4 members (excludes halogenated alkanes) is 6. The van der Waals surface area contributed by atoms with E-state index < -0.39 is 0 Å². The maximum Gasteiger partial charge on any atom is 0.115 e. The normalized spacial score (nSPS) is 11.7. The molecule has 0 aromatic heterocycles. The number of hydrogen-bond acceptors (Lipinski definition) is 1. The zero-order valence-electron chi connectivity index (χ0n) is 14.1. The van der Waals surface area contributed by atoms with Gasteiger partial charge in [-0.25, -0.2) is 0 Å². The second kappa shape index (κ2) is 13.2. The lowest BCUT2D eigenvalue weighted by Gasteiger charge is -2.02. The monoisotopic (exact) mass is 300 g/mol. The molecule has 0 saturated heterocycles. The fourth-order valence-corrected chi connectivity index (χ4v) is 2.51. The van der Waals surface area contributed by atoms with Gasteiger partial charge in [-0.15, -0.1) is 0 Å². The third-order valence-corrected chi connectivity index (χ3v) is 3.81. The van der Waals surface area contributed by atoms with Crippen LogP contribution in [-0.4, -0.2) is 5.11 Å². The fourth-order valence-electron chi connectivity index (χ4n) is 2.51. The molecule has 0 radical (unpaired) electrons. The Morgan fingerprint density at radius 2 is 1.59 bits per heavy atom. The molecular formula is C21H32O. The van der Waals surface area contributed by atoms with Crippen LogP contribution in [0, 0.1) is 0 Å². The number of aromatic hydroxyl groups is 1. The molecule has 0 saturated carbocycles. The molecule has 0 aliphatic rings. The van der Waals surface area contributed by atoms with Gasteiger partial charge in [0.05, 0.1) is 0 Å². The van der Waals surface area contributed by atoms with Crippen LogP contribution in [0.25, 0.3) is 0 Å². The molecule has 1 nitrogen and oxygen atoms in total. The molecular weight excluding hydrogens is 268 g/mol. The molecule has 1 heteroatoms. The Bertz CT molecular complexity index is 431. The van der Waals surface area contributed by atoms with Gasteiger partial charge in [0, 0.05) is 0 Å². The molecule has 122 valence electrons. The van der Waals surface area contributed by atoms with E-state index in [4.69, 9.17) is 0 Å². The van der Waals surface area contributed by atoms with Crippen molar-refractivity contribution in [3.8, 4) is 5.75 Å². The Labute approximate surface area is 136 Å². The van der Waals surface area contributed by atoms with Gasteiger partial charge in [-0.1, -0.05) is 69.0 Å². The smallest absolute Gasteiger partial charge is 0.115 e. The number of aryl methyl sites for hydroxylation is 1. The maximum atomic E-state index is 9.41. The van der Waals surface area contributed by atoms with Crippen LogP contribution < -0.4 is 0 Å². The first-order chi connectivity index (χ1) is 10.8. The fraction of sp³-hybridized carbons (Fsp3) is 0.524. The first-order valence-electron chi connectivity index (χ1n) is 8.91. The van der Waals surface area contributed by atoms with Crippen LogP contribution in [0.15, 0.2) is 48.6 Å². The van der Waals surface area contributed by atoms with E-state index in [1.165, 1.54) is 56.9 Å². The largest absolute Gasteiger partial charge is 0.508 e. The summed E-state index contributed by atoms with van der Waals surface area (Å²) in [5.74, 6) is 0.383. The highest BCUT2D eigenvalue weighted by Crippen LogP contribution is 2.14. The first-order valence-corrected chi connectivity index (χ1v) is 8.91. The number of phenols is 1. The molecule has 0 bridgehead atoms. The highest BCUT2D eigenvalue weighted by molar-refractivity contribution is 5.27. The number of rotatable bonds is 12. The molecule has 1 rings (SSSR count). The van der Waals surface area contributed by atoms with E-state index in [0.717, 1.165) is 12.8 Å². The van der Waals surface area contributed by atoms with E-state index in [0.29, 0.717) is 5.75 Å². The van der Waals surface area contributed by atoms with Crippen LogP contribution in [0.1, 0.15) is 70.3 Å². The summed E-state index contributed by atoms with van der Waals surface area (Å²) in [4.78, 5) is 0. The highest BCUT2D eigenvalue weighted by atomic mass is 16.3. The van der Waals surface area contributed by atoms with Gasteiger partial charge in [0.25, 0.3) is 0 Å². The topological polar surface area (TPSA) is 20.2 Å². The van der Waals surface area contributed by atoms with Crippen molar-refractivity contribution in [1.29, 1.82) is 0 Å². The molecule has 1 aromatic rings. The lowest BCUT2D eigenvalue weighted by Crippen LogP contribution is -1.86. The van der Waals surface area contributed by atoms with E-state index in [-0.39, 0.29) is 0 Å². The lowest BCUT2D eigenvalue weighted by atomic mass is 10.0. The number of benzene rings is 1. The minimum absolute atomic E-state index is 0.383. The van der Waals surface area contributed by atoms with Crippen molar-refractivity contribution in [3.63, 3.8) is 0 Å². The van der Waals surface area contributed by atoms with Gasteiger partial charge >= 0.3 is 0 Å². The standard InChI is InChI=1S/C21H32O/c1-2-3-4-5-6-7-8-9-10-11-12-13-14-16-20-17-15-18-21(22)19-20/h4-5,7-8,15,17-19,22H,2-3,6,9-14,16H2,1H3. The molecule has 1 aromatic carbocycles. The Morgan fingerprint density at radius 3 is 2.36 bits per heavy atom.